The first-order valence-electron chi connectivity index (χ1n) is 4.36. The minimum absolute atomic E-state index is 0.216. The van der Waals surface area contributed by atoms with Gasteiger partial charge in [0.2, 0.25) is 0 Å². The predicted molar refractivity (Wildman–Crippen MR) is 46.1 cm³/mol. The molecule has 70 valence electrons. The first-order chi connectivity index (χ1) is 5.75. The molecule has 1 aliphatic heterocycles. The highest BCUT2D eigenvalue weighted by Crippen LogP contribution is 2.06. The average molecular weight is 172 g/mol. The zero-order valence-corrected chi connectivity index (χ0v) is 7.67. The molecule has 1 rings (SSSR count). The Labute approximate surface area is 72.9 Å². The third-order valence-corrected chi connectivity index (χ3v) is 2.14. The molecule has 0 radical (unpaired) electrons. The highest BCUT2D eigenvalue weighted by atomic mass is 16.6. The second-order valence-corrected chi connectivity index (χ2v) is 2.96. The van der Waals surface area contributed by atoms with E-state index in [0.717, 1.165) is 19.5 Å². The number of rotatable bonds is 2. The molecule has 4 nitrogen and oxygen atoms in total. The van der Waals surface area contributed by atoms with Gasteiger partial charge in [0.1, 0.15) is 0 Å². The number of hydrogen-bond donors (Lipinski definition) is 1. The van der Waals surface area contributed by atoms with Crippen LogP contribution < -0.4 is 5.32 Å². The van der Waals surface area contributed by atoms with Crippen LogP contribution in [0.5, 0.6) is 0 Å². The van der Waals surface area contributed by atoms with Crippen molar-refractivity contribution in [2.24, 2.45) is 0 Å². The second-order valence-electron chi connectivity index (χ2n) is 2.96. The molecule has 0 aliphatic carbocycles. The molecule has 0 saturated carbocycles. The van der Waals surface area contributed by atoms with E-state index in [2.05, 4.69) is 5.32 Å². The lowest BCUT2D eigenvalue weighted by Crippen LogP contribution is -2.38. The summed E-state index contributed by atoms with van der Waals surface area (Å²) < 4.78 is 4.88. The molecule has 4 heteroatoms. The Kier molecular flexibility index (Phi) is 3.34. The number of amides is 1. The molecular weight excluding hydrogens is 156 g/mol. The van der Waals surface area contributed by atoms with E-state index in [0.29, 0.717) is 12.6 Å². The first-order valence-corrected chi connectivity index (χ1v) is 4.36. The Morgan fingerprint density at radius 1 is 1.75 bits per heavy atom. The van der Waals surface area contributed by atoms with Crippen LogP contribution >= 0.6 is 0 Å². The third-order valence-electron chi connectivity index (χ3n) is 2.14. The van der Waals surface area contributed by atoms with Crippen molar-refractivity contribution in [3.63, 3.8) is 0 Å². The van der Waals surface area contributed by atoms with Crippen LogP contribution in [0.25, 0.3) is 0 Å². The largest absolute Gasteiger partial charge is 0.450 e. The van der Waals surface area contributed by atoms with Gasteiger partial charge in [-0.2, -0.15) is 0 Å². The highest BCUT2D eigenvalue weighted by molar-refractivity contribution is 5.67. The van der Waals surface area contributed by atoms with Crippen molar-refractivity contribution in [3.05, 3.63) is 0 Å². The van der Waals surface area contributed by atoms with Crippen LogP contribution in [0.3, 0.4) is 0 Å². The van der Waals surface area contributed by atoms with Crippen LogP contribution in [0, 0.1) is 0 Å². The predicted octanol–water partition coefficient (Wildman–Crippen LogP) is 0.437. The third kappa shape index (κ3) is 2.11. The Hall–Kier alpha value is -0.770. The zero-order chi connectivity index (χ0) is 8.97. The van der Waals surface area contributed by atoms with Crippen molar-refractivity contribution in [1.29, 1.82) is 0 Å². The Morgan fingerprint density at radius 3 is 3.00 bits per heavy atom. The molecule has 0 aromatic carbocycles. The number of likely N-dealkylation sites (N-methyl/N-ethyl adjacent to an activating group) is 1. The Balaban J connectivity index is 2.34. The standard InChI is InChI=1S/C8H16N2O2/c1-3-12-8(11)10(2)7-4-5-9-6-7/h7,9H,3-6H2,1-2H3/t7-/m0/s1. The van der Waals surface area contributed by atoms with E-state index in [9.17, 15) is 4.79 Å². The van der Waals surface area contributed by atoms with Crippen molar-refractivity contribution < 1.29 is 9.53 Å². The summed E-state index contributed by atoms with van der Waals surface area (Å²) in [6.07, 6.45) is 0.807. The SMILES string of the molecule is CCOC(=O)N(C)[C@H]1CCNC1. The summed E-state index contributed by atoms with van der Waals surface area (Å²) in [6, 6.07) is 0.309. The molecule has 0 unspecified atom stereocenters. The Morgan fingerprint density at radius 2 is 2.50 bits per heavy atom. The molecule has 0 bridgehead atoms. The van der Waals surface area contributed by atoms with Crippen molar-refractivity contribution >= 4 is 6.09 Å². The van der Waals surface area contributed by atoms with Gasteiger partial charge in [-0.25, -0.2) is 4.79 Å². The summed E-state index contributed by atoms with van der Waals surface area (Å²) in [5.41, 5.74) is 0. The van der Waals surface area contributed by atoms with Crippen LogP contribution in [0.4, 0.5) is 4.79 Å². The summed E-state index contributed by atoms with van der Waals surface area (Å²) in [5, 5.41) is 3.20. The van der Waals surface area contributed by atoms with Gasteiger partial charge in [0.15, 0.2) is 0 Å². The monoisotopic (exact) mass is 172 g/mol. The first kappa shape index (κ1) is 9.32. The van der Waals surface area contributed by atoms with E-state index in [4.69, 9.17) is 4.74 Å². The average Bonchev–Trinajstić information content (AvgIpc) is 2.55. The van der Waals surface area contributed by atoms with E-state index in [1.165, 1.54) is 0 Å². The fraction of sp³-hybridized carbons (Fsp3) is 0.875. The maximum atomic E-state index is 11.2. The van der Waals surface area contributed by atoms with Gasteiger partial charge in [0.05, 0.1) is 6.61 Å². The van der Waals surface area contributed by atoms with Crippen molar-refractivity contribution in [3.8, 4) is 0 Å². The fourth-order valence-corrected chi connectivity index (χ4v) is 1.34. The van der Waals surface area contributed by atoms with Gasteiger partial charge in [0.25, 0.3) is 0 Å². The number of nitrogens with zero attached hydrogens (tertiary/aromatic N) is 1. The maximum Gasteiger partial charge on any atom is 0.409 e. The molecule has 0 aromatic rings. The smallest absolute Gasteiger partial charge is 0.409 e. The lowest BCUT2D eigenvalue weighted by atomic mass is 10.2. The second kappa shape index (κ2) is 4.30. The minimum Gasteiger partial charge on any atom is -0.450 e. The summed E-state index contributed by atoms with van der Waals surface area (Å²) >= 11 is 0. The summed E-state index contributed by atoms with van der Waals surface area (Å²) in [7, 11) is 1.79. The molecule has 1 saturated heterocycles. The van der Waals surface area contributed by atoms with Gasteiger partial charge < -0.3 is 15.0 Å². The molecule has 1 aliphatic rings. The van der Waals surface area contributed by atoms with Gasteiger partial charge in [-0.15, -0.1) is 0 Å². The molecule has 1 heterocycles. The number of ether oxygens (including phenoxy) is 1. The lowest BCUT2D eigenvalue weighted by molar-refractivity contribution is 0.104. The fourth-order valence-electron chi connectivity index (χ4n) is 1.34. The topological polar surface area (TPSA) is 41.6 Å². The minimum atomic E-state index is -0.216. The molecule has 0 spiro atoms. The van der Waals surface area contributed by atoms with Gasteiger partial charge in [0, 0.05) is 19.6 Å². The normalized spacial score (nSPS) is 22.3. The lowest BCUT2D eigenvalue weighted by Gasteiger charge is -2.22. The van der Waals surface area contributed by atoms with Crippen LogP contribution in [0.15, 0.2) is 0 Å². The summed E-state index contributed by atoms with van der Waals surface area (Å²) in [4.78, 5) is 12.9. The quantitative estimate of drug-likeness (QED) is 0.657. The van der Waals surface area contributed by atoms with Crippen LogP contribution in [-0.2, 0) is 4.74 Å². The number of carbonyl (C=O) groups is 1. The number of carbonyl (C=O) groups excluding carboxylic acids is 1. The van der Waals surface area contributed by atoms with Gasteiger partial charge in [-0.1, -0.05) is 0 Å². The van der Waals surface area contributed by atoms with Crippen LogP contribution in [-0.4, -0.2) is 43.8 Å². The van der Waals surface area contributed by atoms with Crippen molar-refractivity contribution in [2.45, 2.75) is 19.4 Å². The highest BCUT2D eigenvalue weighted by Gasteiger charge is 2.23. The molecule has 1 atom stereocenters. The number of nitrogens with one attached hydrogen (secondary N) is 1. The van der Waals surface area contributed by atoms with Gasteiger partial charge >= 0.3 is 6.09 Å². The maximum absolute atomic E-state index is 11.2. The van der Waals surface area contributed by atoms with Gasteiger partial charge in [-0.05, 0) is 19.9 Å². The van der Waals surface area contributed by atoms with Gasteiger partial charge in [-0.3, -0.25) is 0 Å². The van der Waals surface area contributed by atoms with Crippen molar-refractivity contribution in [2.75, 3.05) is 26.7 Å². The van der Waals surface area contributed by atoms with E-state index in [-0.39, 0.29) is 6.09 Å². The van der Waals surface area contributed by atoms with E-state index < -0.39 is 0 Å². The Bertz CT molecular complexity index is 155. The summed E-state index contributed by atoms with van der Waals surface area (Å²) in [6.45, 7) is 4.14. The molecule has 12 heavy (non-hydrogen) atoms. The van der Waals surface area contributed by atoms with E-state index in [1.807, 2.05) is 6.92 Å². The van der Waals surface area contributed by atoms with Crippen LogP contribution in [0.1, 0.15) is 13.3 Å². The summed E-state index contributed by atoms with van der Waals surface area (Å²) in [5.74, 6) is 0. The van der Waals surface area contributed by atoms with E-state index in [1.54, 1.807) is 11.9 Å². The van der Waals surface area contributed by atoms with Crippen molar-refractivity contribution in [1.82, 2.24) is 10.2 Å². The molecule has 1 N–H and O–H groups in total. The molecule has 1 fully saturated rings. The molecule has 1 amide bonds. The molecule has 0 aromatic heterocycles. The molecular formula is C8H16N2O2. The zero-order valence-electron chi connectivity index (χ0n) is 7.67. The van der Waals surface area contributed by atoms with Crippen LogP contribution in [0.2, 0.25) is 0 Å². The van der Waals surface area contributed by atoms with E-state index >= 15 is 0 Å². The number of hydrogen-bond acceptors (Lipinski definition) is 3.